The van der Waals surface area contributed by atoms with Crippen molar-refractivity contribution >= 4 is 0 Å². The van der Waals surface area contributed by atoms with Crippen molar-refractivity contribution in [2.24, 2.45) is 207 Å². The molecule has 0 spiro atoms. The van der Waals surface area contributed by atoms with Crippen LogP contribution in [0.3, 0.4) is 0 Å². The van der Waals surface area contributed by atoms with Gasteiger partial charge in [-0.3, -0.25) is 0 Å². The standard InChI is InChI=1S/C16H30.C16H28.5C14H26.2C14H24.C14H20.16H2/c2*1-13-3-7-15(8-4-13)11-12-16-9-5-14(2)6-10-16;8*1-11-3-7-13(8-4-11)14-9-5-12(2)6-10-14;;;;;;;;;;;;;;;;/h13-16H,3-12H2,1-2H3;11-16H,3-10H2,1-2H3;5*11-14H,3-10H2,1-2H3;7,11-12,14H,3-6,8-10H2,1-2H3;3,12-14H,4-10H2,1-2H3;3-4,7-8,12,14H,5-6,9-10H2,1-2H3;16*1H/b;12-11+;;;;;;;;;;;;;;;;;;;;;;;;. The van der Waals surface area contributed by atoms with Crippen molar-refractivity contribution in [2.75, 3.05) is 0 Å². The number of hydrogen-bond donors (Lipinski definition) is 0. The summed E-state index contributed by atoms with van der Waals surface area (Å²) in [4.78, 5) is 0. The monoisotopic (exact) mass is 2020 g/mol. The highest BCUT2D eigenvalue weighted by Gasteiger charge is 2.37. The van der Waals surface area contributed by atoms with E-state index in [0.29, 0.717) is 0 Å². The van der Waals surface area contributed by atoms with E-state index in [4.69, 9.17) is 0 Å². The van der Waals surface area contributed by atoms with Crippen molar-refractivity contribution in [3.8, 4) is 0 Å². The minimum Gasteiger partial charge on any atom is -0.0853 e. The van der Waals surface area contributed by atoms with E-state index in [1.54, 1.807) is 152 Å². The van der Waals surface area contributed by atoms with E-state index >= 15 is 0 Å². The van der Waals surface area contributed by atoms with Gasteiger partial charge < -0.3 is 0 Å². The molecule has 19 aliphatic carbocycles. The maximum absolute atomic E-state index is 2.56. The first kappa shape index (κ1) is 123. The molecule has 19 aliphatic rings. The van der Waals surface area contributed by atoms with Crippen LogP contribution >= 0.6 is 0 Å². The first-order valence-corrected chi connectivity index (χ1v) is 67.6. The average Bonchev–Trinajstić information content (AvgIpc) is 0.871. The molecular formula is C144H288. The van der Waals surface area contributed by atoms with E-state index in [1.807, 2.05) is 5.57 Å². The Bertz CT molecular complexity index is 3060. The van der Waals surface area contributed by atoms with Crippen LogP contribution in [-0.2, 0) is 0 Å². The molecule has 0 nitrogen and oxygen atoms in total. The fraction of sp³-hybridized carbons (Fsp3) is 0.917. The van der Waals surface area contributed by atoms with Crippen LogP contribution in [0.4, 0.5) is 0 Å². The van der Waals surface area contributed by atoms with Crippen LogP contribution in [-0.4, -0.2) is 0 Å². The summed E-state index contributed by atoms with van der Waals surface area (Å²) in [5.41, 5.74) is 6.38. The normalized spacial score (nSPS) is 41.3. The Kier molecular flexibility index (Phi) is 58.0. The molecule has 20 rings (SSSR count). The third-order valence-corrected chi connectivity index (χ3v) is 46.2. The summed E-state index contributed by atoms with van der Waals surface area (Å²) in [6.45, 7) is 48.0. The summed E-state index contributed by atoms with van der Waals surface area (Å²) in [5, 5.41) is 0. The Morgan fingerprint density at radius 2 is 0.382 bits per heavy atom. The van der Waals surface area contributed by atoms with Gasteiger partial charge in [0.05, 0.1) is 0 Å². The Morgan fingerprint density at radius 1 is 0.181 bits per heavy atom. The predicted octanol–water partition coefficient (Wildman–Crippen LogP) is 51.2. The summed E-state index contributed by atoms with van der Waals surface area (Å²) in [7, 11) is 0. The topological polar surface area (TPSA) is 0 Å². The summed E-state index contributed by atoms with van der Waals surface area (Å²) in [5.74, 6) is 37.2. The highest BCUT2D eigenvalue weighted by atomic mass is 14.4. The van der Waals surface area contributed by atoms with Crippen LogP contribution < -0.4 is 0 Å². The van der Waals surface area contributed by atoms with Crippen molar-refractivity contribution in [1.29, 1.82) is 0 Å². The molecule has 2 atom stereocenters. The molecule has 17 saturated carbocycles. The van der Waals surface area contributed by atoms with E-state index in [-0.39, 0.29) is 22.8 Å². The van der Waals surface area contributed by atoms with Crippen molar-refractivity contribution in [3.63, 3.8) is 0 Å². The maximum atomic E-state index is 2.56. The zero-order chi connectivity index (χ0) is 102. The van der Waals surface area contributed by atoms with E-state index in [2.05, 4.69) is 187 Å². The van der Waals surface area contributed by atoms with Crippen LogP contribution in [0.1, 0.15) is 659 Å². The highest BCUT2D eigenvalue weighted by molar-refractivity contribution is 5.25. The molecular weight excluding hydrogens is 1730 g/mol. The van der Waals surface area contributed by atoms with Gasteiger partial charge in [-0.15, -0.1) is 0 Å². The quantitative estimate of drug-likeness (QED) is 0.173. The fourth-order valence-corrected chi connectivity index (χ4v) is 33.1. The summed E-state index contributed by atoms with van der Waals surface area (Å²) >= 11 is 0. The van der Waals surface area contributed by atoms with E-state index in [0.717, 1.165) is 213 Å². The van der Waals surface area contributed by atoms with Crippen LogP contribution in [0.5, 0.6) is 0 Å². The molecule has 17 fully saturated rings. The molecule has 0 amide bonds. The lowest BCUT2D eigenvalue weighted by molar-refractivity contribution is 0.155. The van der Waals surface area contributed by atoms with Crippen LogP contribution in [0.15, 0.2) is 59.7 Å². The molecule has 2 unspecified atom stereocenters. The van der Waals surface area contributed by atoms with Gasteiger partial charge in [0, 0.05) is 22.8 Å². The molecule has 0 aromatic heterocycles. The molecule has 0 heterocycles. The third kappa shape index (κ3) is 47.2. The van der Waals surface area contributed by atoms with Gasteiger partial charge in [-0.2, -0.15) is 0 Å². The van der Waals surface area contributed by atoms with Gasteiger partial charge in [0.2, 0.25) is 0 Å². The van der Waals surface area contributed by atoms with E-state index < -0.39 is 0 Å². The lowest BCUT2D eigenvalue weighted by atomic mass is 9.70. The van der Waals surface area contributed by atoms with Crippen molar-refractivity contribution < 1.29 is 22.8 Å². The largest absolute Gasteiger partial charge is 0.0853 e. The molecule has 0 radical (unpaired) electrons. The Morgan fingerprint density at radius 3 is 0.590 bits per heavy atom. The van der Waals surface area contributed by atoms with Crippen LogP contribution in [0.2, 0.25) is 0 Å². The van der Waals surface area contributed by atoms with Crippen molar-refractivity contribution in [3.05, 3.63) is 70.8 Å². The zero-order valence-electron chi connectivity index (χ0n) is 101. The number of benzene rings is 1. The summed E-state index contributed by atoms with van der Waals surface area (Å²) < 4.78 is 0. The first-order chi connectivity index (χ1) is 69.5. The van der Waals surface area contributed by atoms with E-state index in [9.17, 15) is 0 Å². The second kappa shape index (κ2) is 68.1. The van der Waals surface area contributed by atoms with Gasteiger partial charge in [-0.1, -0.05) is 447 Å². The van der Waals surface area contributed by atoms with Gasteiger partial charge in [0.15, 0.2) is 0 Å². The Balaban J connectivity index is -0.000000407. The number of allylic oxidation sites excluding steroid dienone is 6. The van der Waals surface area contributed by atoms with Crippen LogP contribution in [0, 0.1) is 214 Å². The minimum absolute atomic E-state index is 0. The summed E-state index contributed by atoms with van der Waals surface area (Å²) in [6.07, 6.45) is 124. The fourth-order valence-electron chi connectivity index (χ4n) is 33.1. The number of rotatable bonds is 13. The SMILES string of the molecule is CC1=CCC(C2CCC(C)CC2)CC1.CC1CC=C(C2CCC(C)CC2)CC1.CC1CCC(/C=C/C2CCC(C)CC2)CC1.CC1CCC(C2CCC(C)CC2)CC1.CC1CCC(C2CCC(C)CC2)CC1.CC1CCC(C2CCC(C)CC2)CC1.CC1CCC(C2CCC(C)CC2)CC1.CC1CCC(C2CCC(C)CC2)CC1.CC1CCC(CCC2CCC(C)CC2)CC1.Cc1ccc(C2CCC(C)CC2)cc1.[HH].[HH].[HH].[HH].[HH].[HH].[HH].[HH].[HH].[HH].[HH].[HH].[HH].[HH].[HH].[HH]. The van der Waals surface area contributed by atoms with Crippen LogP contribution in [0.25, 0.3) is 0 Å². The Labute approximate surface area is 927 Å². The number of hydrogen-bond acceptors (Lipinski definition) is 0. The van der Waals surface area contributed by atoms with Gasteiger partial charge in [0.1, 0.15) is 0 Å². The molecule has 0 bridgehead atoms. The second-order valence-electron chi connectivity index (χ2n) is 59.5. The van der Waals surface area contributed by atoms with Crippen molar-refractivity contribution in [1.82, 2.24) is 0 Å². The highest BCUT2D eigenvalue weighted by Crippen LogP contribution is 2.50. The van der Waals surface area contributed by atoms with Gasteiger partial charge in [-0.05, 0) is 464 Å². The average molecular weight is 2020 g/mol. The first-order valence-electron chi connectivity index (χ1n) is 67.6. The Hall–Kier alpha value is -1.56. The molecule has 1 aromatic carbocycles. The van der Waals surface area contributed by atoms with Gasteiger partial charge in [0.25, 0.3) is 0 Å². The smallest absolute Gasteiger partial charge is 0 e. The molecule has 0 saturated heterocycles. The molecule has 1 aromatic rings. The molecule has 144 heavy (non-hydrogen) atoms. The zero-order valence-corrected chi connectivity index (χ0v) is 101. The van der Waals surface area contributed by atoms with Gasteiger partial charge >= 0.3 is 0 Å². The molecule has 0 N–H and O–H groups in total. The lowest BCUT2D eigenvalue weighted by Gasteiger charge is -2.36. The minimum atomic E-state index is 0. The predicted molar refractivity (Wildman–Crippen MR) is 674 cm³/mol. The lowest BCUT2D eigenvalue weighted by Crippen LogP contribution is -2.24. The van der Waals surface area contributed by atoms with Crippen molar-refractivity contribution in [2.45, 2.75) is 632 Å². The second-order valence-corrected chi connectivity index (χ2v) is 59.5. The maximum Gasteiger partial charge on any atom is 0 e. The molecule has 864 valence electrons. The molecule has 0 heteroatoms. The molecule has 0 aliphatic heterocycles. The summed E-state index contributed by atoms with van der Waals surface area (Å²) in [6, 6.07) is 9.12. The van der Waals surface area contributed by atoms with Gasteiger partial charge in [-0.25, -0.2) is 0 Å². The number of aryl methyl sites for hydroxylation is 1. The third-order valence-electron chi connectivity index (χ3n) is 46.2. The van der Waals surface area contributed by atoms with E-state index in [1.165, 1.54) is 352 Å².